The van der Waals surface area contributed by atoms with Crippen LogP contribution < -0.4 is 4.74 Å². The molecule has 1 saturated heterocycles. The van der Waals surface area contributed by atoms with E-state index in [2.05, 4.69) is 22.5 Å². The molecule has 0 unspecified atom stereocenters. The zero-order valence-electron chi connectivity index (χ0n) is 13.8. The second-order valence-electron chi connectivity index (χ2n) is 6.15. The molecule has 2 aliphatic rings. The summed E-state index contributed by atoms with van der Waals surface area (Å²) in [5.74, 6) is -1.70. The molecule has 0 aromatic heterocycles. The predicted octanol–water partition coefficient (Wildman–Crippen LogP) is 3.68. The molecular formula is C18H16BrCl2NO4. The molecule has 138 valence electrons. The molecule has 3 rings (SSSR count). The Labute approximate surface area is 169 Å². The van der Waals surface area contributed by atoms with Gasteiger partial charge in [0.25, 0.3) is 11.8 Å². The Morgan fingerprint density at radius 3 is 2.65 bits per heavy atom. The molecule has 2 amide bonds. The number of rotatable bonds is 4. The minimum Gasteiger partial charge on any atom is -0.504 e. The number of allylic oxidation sites excluding steroid dienone is 3. The lowest BCUT2D eigenvalue weighted by Crippen LogP contribution is -2.54. The fraction of sp³-hybridized carbons (Fsp3) is 0.333. The number of phenols is 1. The highest BCUT2D eigenvalue weighted by molar-refractivity contribution is 9.09. The Kier molecular flexibility index (Phi) is 4.88. The van der Waals surface area contributed by atoms with Crippen molar-refractivity contribution in [3.8, 4) is 11.5 Å². The molecule has 26 heavy (non-hydrogen) atoms. The lowest BCUT2D eigenvalue weighted by Gasteiger charge is -2.42. The first-order valence-corrected chi connectivity index (χ1v) is 9.63. The van der Waals surface area contributed by atoms with Crippen LogP contribution in [0.3, 0.4) is 0 Å². The maximum atomic E-state index is 13.1. The summed E-state index contributed by atoms with van der Waals surface area (Å²) in [6, 6.07) is 4.71. The number of imide groups is 1. The van der Waals surface area contributed by atoms with E-state index in [1.807, 2.05) is 0 Å². The topological polar surface area (TPSA) is 66.8 Å². The highest BCUT2D eigenvalue weighted by Gasteiger charge is 2.72. The number of nitrogens with zero attached hydrogens (tertiary/aromatic N) is 1. The van der Waals surface area contributed by atoms with Crippen LogP contribution in [-0.4, -0.2) is 44.1 Å². The van der Waals surface area contributed by atoms with Crippen LogP contribution in [0.4, 0.5) is 0 Å². The average molecular weight is 461 g/mol. The normalized spacial score (nSPS) is 30.8. The summed E-state index contributed by atoms with van der Waals surface area (Å²) < 4.78 is 5.07. The lowest BCUT2D eigenvalue weighted by molar-refractivity contribution is -0.138. The third kappa shape index (κ3) is 2.35. The van der Waals surface area contributed by atoms with Gasteiger partial charge in [0.05, 0.1) is 12.6 Å². The molecule has 0 bridgehead atoms. The Morgan fingerprint density at radius 2 is 2.12 bits per heavy atom. The van der Waals surface area contributed by atoms with Gasteiger partial charge < -0.3 is 9.84 Å². The molecule has 0 radical (unpaired) electrons. The fourth-order valence-corrected chi connectivity index (χ4v) is 4.98. The second kappa shape index (κ2) is 6.59. The van der Waals surface area contributed by atoms with Crippen molar-refractivity contribution in [3.05, 3.63) is 48.1 Å². The van der Waals surface area contributed by atoms with Gasteiger partial charge in [0.15, 0.2) is 21.2 Å². The van der Waals surface area contributed by atoms with Gasteiger partial charge in [-0.25, -0.2) is 0 Å². The summed E-state index contributed by atoms with van der Waals surface area (Å²) in [5.41, 5.74) is 1.20. The molecule has 0 spiro atoms. The smallest absolute Gasteiger partial charge is 0.254 e. The van der Waals surface area contributed by atoms with Gasteiger partial charge in [0.1, 0.15) is 0 Å². The number of halogens is 3. The molecule has 1 aromatic rings. The van der Waals surface area contributed by atoms with Gasteiger partial charge in [0, 0.05) is 5.92 Å². The van der Waals surface area contributed by atoms with Crippen LogP contribution in [0.1, 0.15) is 17.9 Å². The number of phenolic OH excluding ortho intramolecular Hbond substituents is 1. The third-order valence-electron chi connectivity index (χ3n) is 4.96. The van der Waals surface area contributed by atoms with Crippen molar-refractivity contribution >= 4 is 50.9 Å². The molecular weight excluding hydrogens is 445 g/mol. The number of likely N-dealkylation sites (tertiary alicyclic amines) is 1. The Hall–Kier alpha value is -1.50. The standard InChI is InChI=1S/C18H16BrCl2NO4/c1-3-10-6-7-17(20)15(24)22(9-19)16(25)18(17,21)14(10)11-4-5-13(26-2)12(23)8-11/h3-6,8,14,23H,1,7,9H2,2H3/t14-,17-,18+/m1/s1. The van der Waals surface area contributed by atoms with Gasteiger partial charge in [-0.05, 0) is 29.7 Å². The summed E-state index contributed by atoms with van der Waals surface area (Å²) in [7, 11) is 1.43. The van der Waals surface area contributed by atoms with Crippen molar-refractivity contribution in [2.75, 3.05) is 12.6 Å². The lowest BCUT2D eigenvalue weighted by atomic mass is 9.68. The van der Waals surface area contributed by atoms with Crippen molar-refractivity contribution in [2.24, 2.45) is 0 Å². The van der Waals surface area contributed by atoms with Gasteiger partial charge in [-0.15, -0.1) is 23.2 Å². The van der Waals surface area contributed by atoms with Crippen molar-refractivity contribution in [2.45, 2.75) is 22.1 Å². The predicted molar refractivity (Wildman–Crippen MR) is 103 cm³/mol. The molecule has 3 atom stereocenters. The van der Waals surface area contributed by atoms with Crippen LogP contribution in [0.2, 0.25) is 0 Å². The van der Waals surface area contributed by atoms with Crippen molar-refractivity contribution in [3.63, 3.8) is 0 Å². The monoisotopic (exact) mass is 459 g/mol. The van der Waals surface area contributed by atoms with Crippen molar-refractivity contribution in [1.29, 1.82) is 0 Å². The van der Waals surface area contributed by atoms with Gasteiger partial charge in [-0.1, -0.05) is 40.7 Å². The average Bonchev–Trinajstić information content (AvgIpc) is 2.78. The Bertz CT molecular complexity index is 842. The quantitative estimate of drug-likeness (QED) is 0.422. The highest BCUT2D eigenvalue weighted by Crippen LogP contribution is 2.59. The van der Waals surface area contributed by atoms with Crippen LogP contribution in [-0.2, 0) is 9.59 Å². The third-order valence-corrected chi connectivity index (χ3v) is 6.87. The number of hydrogen-bond donors (Lipinski definition) is 1. The molecule has 5 nitrogen and oxygen atoms in total. The number of benzene rings is 1. The minimum absolute atomic E-state index is 0.00237. The number of carbonyl (C=O) groups excluding carboxylic acids is 2. The molecule has 1 aromatic carbocycles. The molecule has 1 fully saturated rings. The first-order valence-electron chi connectivity index (χ1n) is 7.75. The van der Waals surface area contributed by atoms with E-state index >= 15 is 0 Å². The Morgan fingerprint density at radius 1 is 1.42 bits per heavy atom. The molecule has 1 aliphatic carbocycles. The number of methoxy groups -OCH3 is 1. The van der Waals surface area contributed by atoms with Crippen molar-refractivity contribution in [1.82, 2.24) is 4.90 Å². The minimum atomic E-state index is -1.74. The first-order chi connectivity index (χ1) is 12.3. The number of ether oxygens (including phenoxy) is 1. The molecule has 8 heteroatoms. The van der Waals surface area contributed by atoms with Gasteiger partial charge >= 0.3 is 0 Å². The van der Waals surface area contributed by atoms with E-state index in [0.29, 0.717) is 11.1 Å². The van der Waals surface area contributed by atoms with Crippen LogP contribution in [0.25, 0.3) is 0 Å². The molecule has 1 aliphatic heterocycles. The summed E-state index contributed by atoms with van der Waals surface area (Å²) in [6.07, 6.45) is 3.45. The van der Waals surface area contributed by atoms with E-state index < -0.39 is 27.5 Å². The SMILES string of the molecule is C=CC1=CC[C@@]2(Cl)C(=O)N(CBr)C(=O)[C@@]2(Cl)[C@H]1c1ccc(OC)c(O)c1. The number of fused-ring (bicyclic) bond motifs is 1. The Balaban J connectivity index is 2.24. The van der Waals surface area contributed by atoms with E-state index in [-0.39, 0.29) is 23.4 Å². The zero-order chi connectivity index (χ0) is 19.3. The summed E-state index contributed by atoms with van der Waals surface area (Å²) in [6.45, 7) is 3.79. The second-order valence-corrected chi connectivity index (χ2v) is 7.89. The fourth-order valence-electron chi connectivity index (χ4n) is 3.64. The van der Waals surface area contributed by atoms with E-state index in [1.165, 1.54) is 13.2 Å². The summed E-state index contributed by atoms with van der Waals surface area (Å²) >= 11 is 16.7. The number of alkyl halides is 3. The first kappa shape index (κ1) is 19.3. The number of amides is 2. The van der Waals surface area contributed by atoms with Crippen LogP contribution >= 0.6 is 39.1 Å². The van der Waals surface area contributed by atoms with Crippen LogP contribution in [0.5, 0.6) is 11.5 Å². The number of carbonyl (C=O) groups is 2. The molecule has 1 N–H and O–H groups in total. The maximum Gasteiger partial charge on any atom is 0.254 e. The van der Waals surface area contributed by atoms with Gasteiger partial charge in [-0.2, -0.15) is 0 Å². The van der Waals surface area contributed by atoms with E-state index in [0.717, 1.165) is 4.90 Å². The number of hydrogen-bond acceptors (Lipinski definition) is 4. The maximum absolute atomic E-state index is 13.1. The zero-order valence-corrected chi connectivity index (χ0v) is 16.9. The van der Waals surface area contributed by atoms with Gasteiger partial charge in [0.2, 0.25) is 0 Å². The highest BCUT2D eigenvalue weighted by atomic mass is 79.9. The van der Waals surface area contributed by atoms with Crippen LogP contribution in [0.15, 0.2) is 42.5 Å². The largest absolute Gasteiger partial charge is 0.504 e. The summed E-state index contributed by atoms with van der Waals surface area (Å²) in [5, 5.41) is 10.2. The molecule has 0 saturated carbocycles. The van der Waals surface area contributed by atoms with Crippen molar-refractivity contribution < 1.29 is 19.4 Å². The van der Waals surface area contributed by atoms with E-state index in [1.54, 1.807) is 24.3 Å². The molecule has 1 heterocycles. The van der Waals surface area contributed by atoms with E-state index in [4.69, 9.17) is 27.9 Å². The van der Waals surface area contributed by atoms with Crippen LogP contribution in [0, 0.1) is 0 Å². The van der Waals surface area contributed by atoms with E-state index in [9.17, 15) is 14.7 Å². The number of aromatic hydroxyl groups is 1. The van der Waals surface area contributed by atoms with Gasteiger partial charge in [-0.3, -0.25) is 14.5 Å². The summed E-state index contributed by atoms with van der Waals surface area (Å²) in [4.78, 5) is 23.5.